The van der Waals surface area contributed by atoms with Crippen LogP contribution >= 0.6 is 15.9 Å². The largest absolute Gasteiger partial charge is 0.448 e. The van der Waals surface area contributed by atoms with Gasteiger partial charge in [0.15, 0.2) is 29.0 Å². The lowest BCUT2D eigenvalue weighted by atomic mass is 10.2. The molecule has 2 aromatic carbocycles. The molecule has 2 rings (SSSR count). The molecule has 0 saturated carbocycles. The van der Waals surface area contributed by atoms with Crippen molar-refractivity contribution >= 4 is 21.6 Å². The third-order valence-corrected chi connectivity index (χ3v) is 2.79. The third-order valence-electron chi connectivity index (χ3n) is 2.30. The number of nitrogens with zero attached hydrogens (tertiary/aromatic N) is 1. The number of nitro benzene ring substituents is 1. The molecule has 0 spiro atoms. The summed E-state index contributed by atoms with van der Waals surface area (Å²) < 4.78 is 45.8. The van der Waals surface area contributed by atoms with Gasteiger partial charge in [-0.25, -0.2) is 13.2 Å². The second kappa shape index (κ2) is 5.49. The molecule has 8 heteroatoms. The summed E-state index contributed by atoms with van der Waals surface area (Å²) in [5.41, 5.74) is -0.762. The molecule has 104 valence electrons. The van der Waals surface area contributed by atoms with Crippen molar-refractivity contribution in [1.29, 1.82) is 0 Å². The highest BCUT2D eigenvalue weighted by atomic mass is 79.9. The molecule has 0 fully saturated rings. The maximum Gasteiger partial charge on any atom is 0.275 e. The van der Waals surface area contributed by atoms with Crippen LogP contribution in [0.3, 0.4) is 0 Å². The highest BCUT2D eigenvalue weighted by Gasteiger charge is 2.20. The number of hydrogen-bond donors (Lipinski definition) is 0. The Kier molecular flexibility index (Phi) is 3.93. The topological polar surface area (TPSA) is 52.4 Å². The number of hydrogen-bond acceptors (Lipinski definition) is 3. The quantitative estimate of drug-likeness (QED) is 0.603. The van der Waals surface area contributed by atoms with Gasteiger partial charge < -0.3 is 4.74 Å². The van der Waals surface area contributed by atoms with Crippen molar-refractivity contribution in [3.8, 4) is 11.5 Å². The van der Waals surface area contributed by atoms with Crippen LogP contribution in [-0.2, 0) is 0 Å². The van der Waals surface area contributed by atoms with Crippen LogP contribution in [0, 0.1) is 27.6 Å². The van der Waals surface area contributed by atoms with Crippen LogP contribution in [-0.4, -0.2) is 4.92 Å². The number of non-ortho nitro benzene ring substituents is 1. The van der Waals surface area contributed by atoms with Crippen molar-refractivity contribution in [1.82, 2.24) is 0 Å². The number of ether oxygens (including phenoxy) is 1. The smallest absolute Gasteiger partial charge is 0.275 e. The van der Waals surface area contributed by atoms with E-state index in [9.17, 15) is 23.3 Å². The van der Waals surface area contributed by atoms with E-state index in [1.165, 1.54) is 12.1 Å². The van der Waals surface area contributed by atoms with E-state index < -0.39 is 39.6 Å². The zero-order valence-corrected chi connectivity index (χ0v) is 11.2. The van der Waals surface area contributed by atoms with Gasteiger partial charge in [-0.2, -0.15) is 0 Å². The standard InChI is InChI=1S/C12H5BrF3NO3/c13-6-1-2-8(14)11(3-6)20-12-9(15)4-7(17(18)19)5-10(12)16/h1-5H. The molecule has 0 aromatic heterocycles. The van der Waals surface area contributed by atoms with Crippen LogP contribution in [0.4, 0.5) is 18.9 Å². The zero-order chi connectivity index (χ0) is 14.9. The fourth-order valence-electron chi connectivity index (χ4n) is 1.41. The van der Waals surface area contributed by atoms with Gasteiger partial charge in [0.25, 0.3) is 5.69 Å². The van der Waals surface area contributed by atoms with Crippen LogP contribution in [0.5, 0.6) is 11.5 Å². The van der Waals surface area contributed by atoms with E-state index in [2.05, 4.69) is 15.9 Å². The van der Waals surface area contributed by atoms with Gasteiger partial charge >= 0.3 is 0 Å². The predicted molar refractivity (Wildman–Crippen MR) is 67.2 cm³/mol. The van der Waals surface area contributed by atoms with Gasteiger partial charge in [-0.3, -0.25) is 10.1 Å². The summed E-state index contributed by atoms with van der Waals surface area (Å²) in [5, 5.41) is 10.4. The Hall–Kier alpha value is -2.09. The van der Waals surface area contributed by atoms with Gasteiger partial charge in [-0.15, -0.1) is 0 Å². The number of nitro groups is 1. The Morgan fingerprint density at radius 2 is 1.65 bits per heavy atom. The van der Waals surface area contributed by atoms with E-state index in [4.69, 9.17) is 4.74 Å². The average molecular weight is 348 g/mol. The summed E-state index contributed by atoms with van der Waals surface area (Å²) in [6.07, 6.45) is 0. The minimum absolute atomic E-state index is 0.411. The molecule has 0 radical (unpaired) electrons. The van der Waals surface area contributed by atoms with E-state index >= 15 is 0 Å². The first-order valence-corrected chi connectivity index (χ1v) is 5.94. The summed E-state index contributed by atoms with van der Waals surface area (Å²) in [4.78, 5) is 9.49. The normalized spacial score (nSPS) is 10.4. The Morgan fingerprint density at radius 1 is 1.05 bits per heavy atom. The molecule has 4 nitrogen and oxygen atoms in total. The maximum absolute atomic E-state index is 13.6. The highest BCUT2D eigenvalue weighted by Crippen LogP contribution is 2.33. The second-order valence-corrected chi connectivity index (χ2v) is 4.59. The summed E-state index contributed by atoms with van der Waals surface area (Å²) in [5.74, 6) is -4.74. The number of benzene rings is 2. The summed E-state index contributed by atoms with van der Waals surface area (Å²) >= 11 is 3.05. The fourth-order valence-corrected chi connectivity index (χ4v) is 1.75. The van der Waals surface area contributed by atoms with Crippen molar-refractivity contribution in [3.05, 3.63) is 62.4 Å². The molecule has 0 N–H and O–H groups in total. The average Bonchev–Trinajstić information content (AvgIpc) is 2.37. The summed E-state index contributed by atoms with van der Waals surface area (Å²) in [6, 6.07) is 4.59. The SMILES string of the molecule is O=[N+]([O-])c1cc(F)c(Oc2cc(Br)ccc2F)c(F)c1. The van der Waals surface area contributed by atoms with Crippen LogP contribution in [0.25, 0.3) is 0 Å². The van der Waals surface area contributed by atoms with Crippen molar-refractivity contribution < 1.29 is 22.8 Å². The summed E-state index contributed by atoms with van der Waals surface area (Å²) in [7, 11) is 0. The lowest BCUT2D eigenvalue weighted by molar-refractivity contribution is -0.385. The Bertz CT molecular complexity index is 671. The van der Waals surface area contributed by atoms with E-state index in [1.54, 1.807) is 0 Å². The van der Waals surface area contributed by atoms with Crippen LogP contribution in [0.15, 0.2) is 34.8 Å². The Balaban J connectivity index is 2.44. The van der Waals surface area contributed by atoms with Gasteiger partial charge in [0.2, 0.25) is 0 Å². The first kappa shape index (κ1) is 14.3. The maximum atomic E-state index is 13.6. The van der Waals surface area contributed by atoms with E-state index in [0.717, 1.165) is 6.07 Å². The minimum Gasteiger partial charge on any atom is -0.448 e. The van der Waals surface area contributed by atoms with Crippen LogP contribution in [0.1, 0.15) is 0 Å². The van der Waals surface area contributed by atoms with Gasteiger partial charge in [0, 0.05) is 4.47 Å². The van der Waals surface area contributed by atoms with Gasteiger partial charge in [-0.05, 0) is 18.2 Å². The molecule has 0 saturated heterocycles. The first-order chi connectivity index (χ1) is 9.38. The van der Waals surface area contributed by atoms with Crippen molar-refractivity contribution in [3.63, 3.8) is 0 Å². The lowest BCUT2D eigenvalue weighted by Crippen LogP contribution is -1.97. The molecule has 0 aliphatic carbocycles. The molecule has 0 aliphatic heterocycles. The fraction of sp³-hybridized carbons (Fsp3) is 0. The molecular formula is C12H5BrF3NO3. The molecule has 20 heavy (non-hydrogen) atoms. The molecule has 0 unspecified atom stereocenters. The van der Waals surface area contributed by atoms with Gasteiger partial charge in [-0.1, -0.05) is 15.9 Å². The van der Waals surface area contributed by atoms with Crippen LogP contribution in [0.2, 0.25) is 0 Å². The zero-order valence-electron chi connectivity index (χ0n) is 9.57. The summed E-state index contributed by atoms with van der Waals surface area (Å²) in [6.45, 7) is 0. The highest BCUT2D eigenvalue weighted by molar-refractivity contribution is 9.10. The van der Waals surface area contributed by atoms with Crippen molar-refractivity contribution in [2.75, 3.05) is 0 Å². The molecule has 0 amide bonds. The third kappa shape index (κ3) is 2.90. The van der Waals surface area contributed by atoms with Crippen LogP contribution < -0.4 is 4.74 Å². The molecule has 0 aliphatic rings. The number of halogens is 4. The van der Waals surface area contributed by atoms with E-state index in [1.807, 2.05) is 0 Å². The Morgan fingerprint density at radius 3 is 2.20 bits per heavy atom. The number of rotatable bonds is 3. The molecule has 0 atom stereocenters. The monoisotopic (exact) mass is 347 g/mol. The molecular weight excluding hydrogens is 343 g/mol. The first-order valence-electron chi connectivity index (χ1n) is 5.15. The predicted octanol–water partition coefficient (Wildman–Crippen LogP) is 4.57. The van der Waals surface area contributed by atoms with Gasteiger partial charge in [0.05, 0.1) is 17.1 Å². The second-order valence-electron chi connectivity index (χ2n) is 3.67. The molecule has 2 aromatic rings. The minimum atomic E-state index is -1.30. The molecule has 0 heterocycles. The van der Waals surface area contributed by atoms with E-state index in [-0.39, 0.29) is 0 Å². The van der Waals surface area contributed by atoms with Gasteiger partial charge in [0.1, 0.15) is 0 Å². The van der Waals surface area contributed by atoms with Crippen molar-refractivity contribution in [2.24, 2.45) is 0 Å². The lowest BCUT2D eigenvalue weighted by Gasteiger charge is -2.09. The van der Waals surface area contributed by atoms with Crippen molar-refractivity contribution in [2.45, 2.75) is 0 Å². The Labute approximate surface area is 119 Å². The van der Waals surface area contributed by atoms with E-state index in [0.29, 0.717) is 16.6 Å². The molecule has 0 bridgehead atoms.